The van der Waals surface area contributed by atoms with Gasteiger partial charge in [0.2, 0.25) is 0 Å². The number of nitrogens with one attached hydrogen (secondary N) is 2. The molecule has 142 valence electrons. The summed E-state index contributed by atoms with van der Waals surface area (Å²) in [7, 11) is -3.76. The summed E-state index contributed by atoms with van der Waals surface area (Å²) in [6.07, 6.45) is 5.06. The molecule has 4 aromatic rings. The lowest BCUT2D eigenvalue weighted by atomic mass is 10.3. The molecule has 0 spiro atoms. The van der Waals surface area contributed by atoms with Crippen LogP contribution >= 0.6 is 11.3 Å². The molecule has 0 bridgehead atoms. The van der Waals surface area contributed by atoms with E-state index in [9.17, 15) is 13.2 Å². The highest BCUT2D eigenvalue weighted by Gasteiger charge is 2.16. The second-order valence-corrected chi connectivity index (χ2v) is 8.85. The van der Waals surface area contributed by atoms with Crippen LogP contribution in [0.5, 0.6) is 0 Å². The number of aromatic nitrogens is 3. The number of anilines is 2. The molecule has 0 aliphatic carbocycles. The monoisotopic (exact) mass is 413 g/mol. The number of hydrogen-bond acceptors (Lipinski definition) is 6. The lowest BCUT2D eigenvalue weighted by molar-refractivity contribution is 0.102. The van der Waals surface area contributed by atoms with Crippen molar-refractivity contribution in [1.82, 2.24) is 14.4 Å². The number of thiazole rings is 1. The third-order valence-electron chi connectivity index (χ3n) is 3.83. The van der Waals surface area contributed by atoms with Crippen LogP contribution in [0, 0.1) is 6.92 Å². The molecule has 0 aliphatic heterocycles. The summed E-state index contributed by atoms with van der Waals surface area (Å²) in [4.78, 5) is 22.5. The van der Waals surface area contributed by atoms with Crippen LogP contribution in [0.2, 0.25) is 0 Å². The normalized spacial score (nSPS) is 11.5. The van der Waals surface area contributed by atoms with E-state index in [1.165, 1.54) is 41.8 Å². The van der Waals surface area contributed by atoms with Crippen molar-refractivity contribution in [3.63, 3.8) is 0 Å². The maximum absolute atomic E-state index is 12.4. The molecule has 28 heavy (non-hydrogen) atoms. The second kappa shape index (κ2) is 7.06. The molecule has 3 aromatic heterocycles. The Balaban J connectivity index is 1.48. The minimum absolute atomic E-state index is 0.0640. The molecule has 0 atom stereocenters. The van der Waals surface area contributed by atoms with E-state index in [2.05, 4.69) is 20.0 Å². The maximum atomic E-state index is 12.4. The third kappa shape index (κ3) is 3.73. The molecule has 0 fully saturated rings. The average molecular weight is 413 g/mol. The minimum atomic E-state index is -3.76. The van der Waals surface area contributed by atoms with Crippen molar-refractivity contribution in [2.24, 2.45) is 0 Å². The van der Waals surface area contributed by atoms with Crippen molar-refractivity contribution in [2.75, 3.05) is 10.0 Å². The minimum Gasteiger partial charge on any atom is -0.321 e. The molecular formula is C18H15N5O3S2. The fourth-order valence-corrected chi connectivity index (χ4v) is 4.37. The third-order valence-corrected chi connectivity index (χ3v) is 6.11. The summed E-state index contributed by atoms with van der Waals surface area (Å²) in [5.74, 6) is -0.134. The molecule has 0 radical (unpaired) electrons. The fourth-order valence-electron chi connectivity index (χ4n) is 2.55. The number of hydrogen-bond donors (Lipinski definition) is 2. The van der Waals surface area contributed by atoms with Crippen molar-refractivity contribution < 1.29 is 13.2 Å². The molecule has 0 unspecified atom stereocenters. The summed E-state index contributed by atoms with van der Waals surface area (Å²) < 4.78 is 29.0. The first-order valence-electron chi connectivity index (χ1n) is 8.21. The number of carbonyl (C=O) groups excluding carboxylic acids is 1. The fraction of sp³-hybridized carbons (Fsp3) is 0.0556. The molecular weight excluding hydrogens is 398 g/mol. The van der Waals surface area contributed by atoms with Crippen molar-refractivity contribution >= 4 is 43.7 Å². The number of benzene rings is 1. The van der Waals surface area contributed by atoms with Gasteiger partial charge in [0.15, 0.2) is 4.96 Å². The molecule has 2 N–H and O–H groups in total. The lowest BCUT2D eigenvalue weighted by Crippen LogP contribution is -2.15. The van der Waals surface area contributed by atoms with Gasteiger partial charge in [0.05, 0.1) is 4.90 Å². The van der Waals surface area contributed by atoms with Gasteiger partial charge in [-0.2, -0.15) is 0 Å². The molecule has 0 aliphatic rings. The quantitative estimate of drug-likeness (QED) is 0.523. The van der Waals surface area contributed by atoms with E-state index in [1.807, 2.05) is 13.1 Å². The van der Waals surface area contributed by atoms with Crippen LogP contribution in [0.25, 0.3) is 4.96 Å². The van der Waals surface area contributed by atoms with E-state index in [1.54, 1.807) is 28.8 Å². The highest BCUT2D eigenvalue weighted by Crippen LogP contribution is 2.19. The molecule has 0 saturated heterocycles. The van der Waals surface area contributed by atoms with Crippen molar-refractivity contribution in [1.29, 1.82) is 0 Å². The van der Waals surface area contributed by atoms with Crippen molar-refractivity contribution in [3.8, 4) is 0 Å². The largest absolute Gasteiger partial charge is 0.321 e. The van der Waals surface area contributed by atoms with Crippen molar-refractivity contribution in [2.45, 2.75) is 11.8 Å². The van der Waals surface area contributed by atoms with Gasteiger partial charge in [-0.05, 0) is 43.3 Å². The van der Waals surface area contributed by atoms with Crippen LogP contribution in [0.15, 0.2) is 66.0 Å². The predicted molar refractivity (Wildman–Crippen MR) is 107 cm³/mol. The number of rotatable bonds is 5. The maximum Gasteiger partial charge on any atom is 0.275 e. The number of nitrogens with zero attached hydrogens (tertiary/aromatic N) is 3. The van der Waals surface area contributed by atoms with Gasteiger partial charge in [0, 0.05) is 29.2 Å². The van der Waals surface area contributed by atoms with E-state index in [4.69, 9.17) is 0 Å². The van der Waals surface area contributed by atoms with Gasteiger partial charge in [-0.25, -0.2) is 18.4 Å². The second-order valence-electron chi connectivity index (χ2n) is 5.96. The molecule has 8 nitrogen and oxygen atoms in total. The molecule has 1 aromatic carbocycles. The topological polar surface area (TPSA) is 105 Å². The Morgan fingerprint density at radius 2 is 1.89 bits per heavy atom. The molecule has 10 heteroatoms. The van der Waals surface area contributed by atoms with Crippen molar-refractivity contribution in [3.05, 3.63) is 71.6 Å². The van der Waals surface area contributed by atoms with Gasteiger partial charge in [-0.1, -0.05) is 6.07 Å². The van der Waals surface area contributed by atoms with E-state index < -0.39 is 10.0 Å². The zero-order valence-corrected chi connectivity index (χ0v) is 16.3. The first-order valence-corrected chi connectivity index (χ1v) is 10.5. The SMILES string of the molecule is Cc1cn2cc(C(=O)Nc3ccc(S(=O)(=O)Nc4ccccn4)cc3)nc2s1. The van der Waals surface area contributed by atoms with Gasteiger partial charge >= 0.3 is 0 Å². The Morgan fingerprint density at radius 3 is 2.57 bits per heavy atom. The average Bonchev–Trinajstić information content (AvgIpc) is 3.20. The van der Waals surface area contributed by atoms with Gasteiger partial charge in [0.25, 0.3) is 15.9 Å². The van der Waals surface area contributed by atoms with Crippen LogP contribution in [0.4, 0.5) is 11.5 Å². The molecule has 4 rings (SSSR count). The Hall–Kier alpha value is -3.24. The summed E-state index contributed by atoms with van der Waals surface area (Å²) in [5.41, 5.74) is 0.758. The van der Waals surface area contributed by atoms with Crippen LogP contribution < -0.4 is 10.0 Å². The standard InChI is InChI=1S/C18H15N5O3S2/c1-12-10-23-11-15(21-18(23)27-12)17(24)20-13-5-7-14(8-6-13)28(25,26)22-16-4-2-3-9-19-16/h2-11H,1H3,(H,19,22)(H,20,24). The number of pyridine rings is 1. The van der Waals surface area contributed by atoms with Crippen LogP contribution in [0.3, 0.4) is 0 Å². The smallest absolute Gasteiger partial charge is 0.275 e. The van der Waals surface area contributed by atoms with E-state index in [-0.39, 0.29) is 16.6 Å². The lowest BCUT2D eigenvalue weighted by Gasteiger charge is -2.08. The summed E-state index contributed by atoms with van der Waals surface area (Å²) in [6, 6.07) is 10.8. The molecule has 1 amide bonds. The van der Waals surface area contributed by atoms with Crippen LogP contribution in [-0.4, -0.2) is 28.7 Å². The summed E-state index contributed by atoms with van der Waals surface area (Å²) >= 11 is 1.50. The molecule has 3 heterocycles. The van der Waals surface area contributed by atoms with E-state index >= 15 is 0 Å². The summed E-state index contributed by atoms with van der Waals surface area (Å²) in [5, 5.41) is 2.71. The molecule has 0 saturated carbocycles. The number of imidazole rings is 1. The van der Waals surface area contributed by atoms with E-state index in [0.717, 1.165) is 9.84 Å². The zero-order valence-electron chi connectivity index (χ0n) is 14.7. The highest BCUT2D eigenvalue weighted by atomic mass is 32.2. The van der Waals surface area contributed by atoms with Gasteiger partial charge in [-0.3, -0.25) is 13.9 Å². The first kappa shape index (κ1) is 18.1. The number of aryl methyl sites for hydroxylation is 1. The van der Waals surface area contributed by atoms with Gasteiger partial charge in [-0.15, -0.1) is 11.3 Å². The Bertz CT molecular complexity index is 1210. The van der Waals surface area contributed by atoms with Gasteiger partial charge in [0.1, 0.15) is 11.5 Å². The predicted octanol–water partition coefficient (Wildman–Crippen LogP) is 3.15. The van der Waals surface area contributed by atoms with E-state index in [0.29, 0.717) is 11.4 Å². The number of sulfonamides is 1. The number of fused-ring (bicyclic) bond motifs is 1. The first-order chi connectivity index (χ1) is 13.4. The van der Waals surface area contributed by atoms with Crippen LogP contribution in [-0.2, 0) is 10.0 Å². The number of carbonyl (C=O) groups is 1. The zero-order chi connectivity index (χ0) is 19.7. The highest BCUT2D eigenvalue weighted by molar-refractivity contribution is 7.92. The Morgan fingerprint density at radius 1 is 1.11 bits per heavy atom. The number of amides is 1. The summed E-state index contributed by atoms with van der Waals surface area (Å²) in [6.45, 7) is 1.97. The van der Waals surface area contributed by atoms with Crippen LogP contribution in [0.1, 0.15) is 15.4 Å². The van der Waals surface area contributed by atoms with Gasteiger partial charge < -0.3 is 5.32 Å². The Labute approximate surface area is 164 Å². The Kier molecular flexibility index (Phi) is 4.57.